The second kappa shape index (κ2) is 6.61. The third kappa shape index (κ3) is 4.02. The molecule has 0 saturated carbocycles. The molecule has 2 atom stereocenters. The second-order valence-corrected chi connectivity index (χ2v) is 4.29. The van der Waals surface area contributed by atoms with Crippen molar-refractivity contribution in [3.8, 4) is 6.07 Å². The van der Waals surface area contributed by atoms with E-state index in [2.05, 4.69) is 5.32 Å². The number of carbonyl (C=O) groups is 2. The third-order valence-corrected chi connectivity index (χ3v) is 2.66. The van der Waals surface area contributed by atoms with E-state index < -0.39 is 35.5 Å². The Morgan fingerprint density at radius 3 is 2.35 bits per heavy atom. The lowest BCUT2D eigenvalue weighted by molar-refractivity contribution is -0.140. The number of carbonyl (C=O) groups excluding carboxylic acids is 1. The Kier molecular flexibility index (Phi) is 5.15. The quantitative estimate of drug-likeness (QED) is 0.860. The minimum Gasteiger partial charge on any atom is -0.480 e. The van der Waals surface area contributed by atoms with E-state index in [-0.39, 0.29) is 12.0 Å². The van der Waals surface area contributed by atoms with Crippen LogP contribution in [0.25, 0.3) is 0 Å². The first-order valence-electron chi connectivity index (χ1n) is 5.72. The molecular weight excluding hydrogens is 270 g/mol. The Morgan fingerprint density at radius 2 is 1.90 bits per heavy atom. The molecule has 1 rings (SSSR count). The van der Waals surface area contributed by atoms with Gasteiger partial charge in [0, 0.05) is 24.0 Å². The summed E-state index contributed by atoms with van der Waals surface area (Å²) in [5.74, 6) is -4.75. The molecular formula is C13H12F2N2O3. The lowest BCUT2D eigenvalue weighted by Gasteiger charge is -2.19. The molecule has 0 spiro atoms. The number of amides is 1. The molecule has 0 aliphatic carbocycles. The van der Waals surface area contributed by atoms with Crippen LogP contribution in [0.5, 0.6) is 0 Å². The zero-order chi connectivity index (χ0) is 15.3. The van der Waals surface area contributed by atoms with E-state index in [0.717, 1.165) is 12.1 Å². The fourth-order valence-electron chi connectivity index (χ4n) is 1.62. The maximum Gasteiger partial charge on any atom is 0.326 e. The van der Waals surface area contributed by atoms with Crippen LogP contribution in [0.2, 0.25) is 0 Å². The molecule has 0 heterocycles. The standard InChI is InChI=1S/C13H12F2N2O3/c1-7(2-3-16)11(13(19)20)17-12(18)8-4-9(14)6-10(15)5-8/h4-7,11H,2H2,1H3,(H,17,18)(H,19,20)/t7-,11-/m1/s1. The highest BCUT2D eigenvalue weighted by Crippen LogP contribution is 2.11. The lowest BCUT2D eigenvalue weighted by atomic mass is 9.98. The molecule has 106 valence electrons. The van der Waals surface area contributed by atoms with Gasteiger partial charge in [0.15, 0.2) is 0 Å². The highest BCUT2D eigenvalue weighted by Gasteiger charge is 2.27. The monoisotopic (exact) mass is 282 g/mol. The molecule has 0 unspecified atom stereocenters. The van der Waals surface area contributed by atoms with E-state index in [1.807, 2.05) is 0 Å². The Labute approximate surface area is 113 Å². The number of benzene rings is 1. The summed E-state index contributed by atoms with van der Waals surface area (Å²) in [6, 6.07) is 2.68. The van der Waals surface area contributed by atoms with E-state index in [1.54, 1.807) is 6.07 Å². The maximum atomic E-state index is 13.0. The number of nitrogens with zero attached hydrogens (tertiary/aromatic N) is 1. The van der Waals surface area contributed by atoms with Gasteiger partial charge in [0.25, 0.3) is 5.91 Å². The van der Waals surface area contributed by atoms with Crippen molar-refractivity contribution in [1.29, 1.82) is 5.26 Å². The van der Waals surface area contributed by atoms with Gasteiger partial charge < -0.3 is 10.4 Å². The van der Waals surface area contributed by atoms with Crippen LogP contribution in [-0.4, -0.2) is 23.0 Å². The summed E-state index contributed by atoms with van der Waals surface area (Å²) >= 11 is 0. The van der Waals surface area contributed by atoms with Crippen LogP contribution in [0.4, 0.5) is 8.78 Å². The fourth-order valence-corrected chi connectivity index (χ4v) is 1.62. The Morgan fingerprint density at radius 1 is 1.35 bits per heavy atom. The molecule has 0 fully saturated rings. The highest BCUT2D eigenvalue weighted by atomic mass is 19.1. The minimum atomic E-state index is -1.32. The number of rotatable bonds is 5. The number of aliphatic carboxylic acids is 1. The van der Waals surface area contributed by atoms with Crippen molar-refractivity contribution in [3.05, 3.63) is 35.4 Å². The smallest absolute Gasteiger partial charge is 0.326 e. The van der Waals surface area contributed by atoms with E-state index in [4.69, 9.17) is 10.4 Å². The molecule has 1 aromatic carbocycles. The Bertz CT molecular complexity index is 549. The van der Waals surface area contributed by atoms with Crippen LogP contribution in [0.1, 0.15) is 23.7 Å². The first kappa shape index (κ1) is 15.6. The molecule has 7 heteroatoms. The van der Waals surface area contributed by atoms with Gasteiger partial charge >= 0.3 is 5.97 Å². The maximum absolute atomic E-state index is 13.0. The van der Waals surface area contributed by atoms with Gasteiger partial charge in [-0.2, -0.15) is 5.26 Å². The summed E-state index contributed by atoms with van der Waals surface area (Å²) in [5.41, 5.74) is -0.321. The molecule has 0 radical (unpaired) electrons. The van der Waals surface area contributed by atoms with Gasteiger partial charge in [0.2, 0.25) is 0 Å². The number of carboxylic acids is 1. The number of nitrogens with one attached hydrogen (secondary N) is 1. The van der Waals surface area contributed by atoms with Gasteiger partial charge in [-0.05, 0) is 12.1 Å². The first-order chi connectivity index (χ1) is 9.35. The molecule has 0 aromatic heterocycles. The topological polar surface area (TPSA) is 90.2 Å². The van der Waals surface area contributed by atoms with Crippen LogP contribution in [-0.2, 0) is 4.79 Å². The van der Waals surface area contributed by atoms with E-state index in [1.165, 1.54) is 6.92 Å². The largest absolute Gasteiger partial charge is 0.480 e. The average molecular weight is 282 g/mol. The van der Waals surface area contributed by atoms with Gasteiger partial charge in [0.1, 0.15) is 17.7 Å². The number of carboxylic acid groups (broad SMARTS) is 1. The van der Waals surface area contributed by atoms with Gasteiger partial charge in [-0.15, -0.1) is 0 Å². The van der Waals surface area contributed by atoms with Crippen LogP contribution in [0.3, 0.4) is 0 Å². The molecule has 5 nitrogen and oxygen atoms in total. The molecule has 1 aromatic rings. The average Bonchev–Trinajstić information content (AvgIpc) is 2.34. The number of hydrogen-bond donors (Lipinski definition) is 2. The van der Waals surface area contributed by atoms with Gasteiger partial charge in [-0.25, -0.2) is 13.6 Å². The summed E-state index contributed by atoms with van der Waals surface area (Å²) in [6.45, 7) is 1.48. The first-order valence-corrected chi connectivity index (χ1v) is 5.72. The van der Waals surface area contributed by atoms with Crippen molar-refractivity contribution in [3.63, 3.8) is 0 Å². The van der Waals surface area contributed by atoms with Crippen molar-refractivity contribution >= 4 is 11.9 Å². The second-order valence-electron chi connectivity index (χ2n) is 4.29. The molecule has 0 bridgehead atoms. The third-order valence-electron chi connectivity index (χ3n) is 2.66. The minimum absolute atomic E-state index is 0.0746. The van der Waals surface area contributed by atoms with E-state index >= 15 is 0 Å². The van der Waals surface area contributed by atoms with Crippen molar-refractivity contribution in [2.75, 3.05) is 0 Å². The van der Waals surface area contributed by atoms with Crippen molar-refractivity contribution in [1.82, 2.24) is 5.32 Å². The predicted octanol–water partition coefficient (Wildman–Crippen LogP) is 1.70. The summed E-state index contributed by atoms with van der Waals surface area (Å²) in [4.78, 5) is 22.8. The fraction of sp³-hybridized carbons (Fsp3) is 0.308. The van der Waals surface area contributed by atoms with Gasteiger partial charge in [-0.3, -0.25) is 4.79 Å². The number of hydrogen-bond acceptors (Lipinski definition) is 3. The van der Waals surface area contributed by atoms with Crippen LogP contribution >= 0.6 is 0 Å². The predicted molar refractivity (Wildman–Crippen MR) is 64.6 cm³/mol. The summed E-state index contributed by atoms with van der Waals surface area (Å²) in [7, 11) is 0. The Hall–Kier alpha value is -2.49. The normalized spacial score (nSPS) is 13.1. The summed E-state index contributed by atoms with van der Waals surface area (Å²) in [5, 5.41) is 19.7. The van der Waals surface area contributed by atoms with Crippen molar-refractivity contribution in [2.45, 2.75) is 19.4 Å². The summed E-state index contributed by atoms with van der Waals surface area (Å²) < 4.78 is 26.0. The Balaban J connectivity index is 2.91. The van der Waals surface area contributed by atoms with Crippen LogP contribution in [0, 0.1) is 28.9 Å². The molecule has 1 amide bonds. The van der Waals surface area contributed by atoms with Crippen molar-refractivity contribution in [2.24, 2.45) is 5.92 Å². The van der Waals surface area contributed by atoms with Crippen LogP contribution in [0.15, 0.2) is 18.2 Å². The van der Waals surface area contributed by atoms with Crippen LogP contribution < -0.4 is 5.32 Å². The molecule has 2 N–H and O–H groups in total. The van der Waals surface area contributed by atoms with E-state index in [9.17, 15) is 18.4 Å². The van der Waals surface area contributed by atoms with Gasteiger partial charge in [-0.1, -0.05) is 6.92 Å². The zero-order valence-corrected chi connectivity index (χ0v) is 10.6. The lowest BCUT2D eigenvalue weighted by Crippen LogP contribution is -2.45. The number of nitriles is 1. The highest BCUT2D eigenvalue weighted by molar-refractivity contribution is 5.96. The SMILES string of the molecule is C[C@H](CC#N)[C@@H](NC(=O)c1cc(F)cc(F)c1)C(=O)O. The van der Waals surface area contributed by atoms with E-state index in [0.29, 0.717) is 6.07 Å². The zero-order valence-electron chi connectivity index (χ0n) is 10.6. The van der Waals surface area contributed by atoms with Crippen molar-refractivity contribution < 1.29 is 23.5 Å². The molecule has 0 aliphatic heterocycles. The molecule has 20 heavy (non-hydrogen) atoms. The summed E-state index contributed by atoms with van der Waals surface area (Å²) in [6.07, 6.45) is -0.0746. The molecule has 0 saturated heterocycles. The van der Waals surface area contributed by atoms with Gasteiger partial charge in [0.05, 0.1) is 6.07 Å². The number of halogens is 2. The molecule has 0 aliphatic rings.